The van der Waals surface area contributed by atoms with E-state index in [2.05, 4.69) is 43.5 Å². The summed E-state index contributed by atoms with van der Waals surface area (Å²) in [5, 5.41) is 23.1. The Bertz CT molecular complexity index is 993. The second-order valence-electron chi connectivity index (χ2n) is 18.2. The molecule has 2 atom stereocenters. The molecule has 0 aliphatic carbocycles. The van der Waals surface area contributed by atoms with Crippen molar-refractivity contribution in [2.24, 2.45) is 0 Å². The third kappa shape index (κ3) is 47.4. The van der Waals surface area contributed by atoms with Crippen LogP contribution >= 0.6 is 0 Å². The Morgan fingerprint density at radius 2 is 0.770 bits per heavy atom. The van der Waals surface area contributed by atoms with Gasteiger partial charge >= 0.3 is 5.97 Å². The number of esters is 1. The topological polar surface area (TPSA) is 95.9 Å². The molecule has 0 heterocycles. The van der Waals surface area contributed by atoms with E-state index >= 15 is 0 Å². The first-order valence-electron chi connectivity index (χ1n) is 26.8. The van der Waals surface area contributed by atoms with E-state index in [1.54, 1.807) is 6.08 Å². The molecule has 0 aromatic rings. The Labute approximate surface area is 379 Å². The van der Waals surface area contributed by atoms with Gasteiger partial charge in [0, 0.05) is 12.8 Å². The smallest absolute Gasteiger partial charge is 0.305 e. The minimum absolute atomic E-state index is 0.0460. The van der Waals surface area contributed by atoms with Crippen LogP contribution < -0.4 is 5.32 Å². The summed E-state index contributed by atoms with van der Waals surface area (Å²) < 4.78 is 5.43. The van der Waals surface area contributed by atoms with Crippen LogP contribution in [0.2, 0.25) is 0 Å². The largest absolute Gasteiger partial charge is 0.466 e. The summed E-state index contributed by atoms with van der Waals surface area (Å²) in [4.78, 5) is 24.5. The number of hydrogen-bond donors (Lipinski definition) is 3. The van der Waals surface area contributed by atoms with Crippen molar-refractivity contribution in [1.82, 2.24) is 5.32 Å². The lowest BCUT2D eigenvalue weighted by Crippen LogP contribution is -2.45. The summed E-state index contributed by atoms with van der Waals surface area (Å²) in [5.41, 5.74) is 0. The van der Waals surface area contributed by atoms with E-state index in [0.717, 1.165) is 77.0 Å². The van der Waals surface area contributed by atoms with Crippen molar-refractivity contribution >= 4 is 11.9 Å². The number of unbranched alkanes of at least 4 members (excludes halogenated alkanes) is 34. The van der Waals surface area contributed by atoms with Crippen molar-refractivity contribution in [2.75, 3.05) is 13.2 Å². The lowest BCUT2D eigenvalue weighted by Gasteiger charge is -2.20. The molecule has 2 unspecified atom stereocenters. The zero-order valence-electron chi connectivity index (χ0n) is 40.6. The fourth-order valence-electron chi connectivity index (χ4n) is 7.97. The van der Waals surface area contributed by atoms with Gasteiger partial charge in [-0.15, -0.1) is 0 Å². The predicted molar refractivity (Wildman–Crippen MR) is 264 cm³/mol. The summed E-state index contributed by atoms with van der Waals surface area (Å²) in [6.07, 6.45) is 61.5. The number of nitrogens with one attached hydrogen (secondary N) is 1. The van der Waals surface area contributed by atoms with Crippen LogP contribution in [0.5, 0.6) is 0 Å². The number of hydrogen-bond acceptors (Lipinski definition) is 5. The van der Waals surface area contributed by atoms with Crippen molar-refractivity contribution in [1.29, 1.82) is 0 Å². The van der Waals surface area contributed by atoms with Gasteiger partial charge in [0.1, 0.15) is 0 Å². The number of rotatable bonds is 49. The first kappa shape index (κ1) is 59.1. The second kappa shape index (κ2) is 50.7. The van der Waals surface area contributed by atoms with Gasteiger partial charge in [0.15, 0.2) is 0 Å². The molecule has 0 spiro atoms. The molecular formula is C55H103NO5. The molecule has 0 aromatic heterocycles. The van der Waals surface area contributed by atoms with Crippen molar-refractivity contribution in [3.63, 3.8) is 0 Å². The first-order valence-corrected chi connectivity index (χ1v) is 26.8. The lowest BCUT2D eigenvalue weighted by atomic mass is 10.0. The van der Waals surface area contributed by atoms with Crippen molar-refractivity contribution < 1.29 is 24.5 Å². The molecule has 0 aliphatic rings. The van der Waals surface area contributed by atoms with Crippen LogP contribution in [0.25, 0.3) is 0 Å². The van der Waals surface area contributed by atoms with Crippen LogP contribution in [0.1, 0.15) is 277 Å². The third-order valence-electron chi connectivity index (χ3n) is 12.1. The first-order chi connectivity index (χ1) is 30.0. The van der Waals surface area contributed by atoms with Gasteiger partial charge in [-0.25, -0.2) is 0 Å². The maximum absolute atomic E-state index is 12.4. The molecule has 0 saturated carbocycles. The average Bonchev–Trinajstić information content (AvgIpc) is 3.26. The normalized spacial score (nSPS) is 12.9. The fraction of sp³-hybridized carbons (Fsp3) is 0.855. The van der Waals surface area contributed by atoms with Crippen LogP contribution in [-0.2, 0) is 14.3 Å². The van der Waals surface area contributed by atoms with E-state index in [1.165, 1.54) is 173 Å². The standard InChI is InChI=1S/C55H103NO5/c1-3-5-7-9-11-13-15-17-19-21-22-23-25-27-31-35-39-43-47-53(58)52(51-57)56-54(59)48-44-40-36-32-29-30-34-38-42-46-50-61-55(60)49-45-41-37-33-28-26-24-20-18-16-14-12-10-8-6-4-2/h20,24,30,34,43,47,52-53,57-58H,3-19,21-23,25-29,31-33,35-42,44-46,48-51H2,1-2H3,(H,56,59)/b24-20-,34-30-,47-43+. The van der Waals surface area contributed by atoms with Crippen molar-refractivity contribution in [2.45, 2.75) is 289 Å². The SMILES string of the molecule is CCCCCCCCC/C=C\CCCCCCCC(=O)OCCCC/C=C\CCCCCCC(=O)NC(CO)C(O)/C=C/CCCCCCCCCCCCCCCCCC. The van der Waals surface area contributed by atoms with Crippen molar-refractivity contribution in [3.8, 4) is 0 Å². The number of allylic oxidation sites excluding steroid dienone is 5. The zero-order valence-corrected chi connectivity index (χ0v) is 40.6. The van der Waals surface area contributed by atoms with Gasteiger partial charge in [0.2, 0.25) is 5.91 Å². The zero-order chi connectivity index (χ0) is 44.4. The van der Waals surface area contributed by atoms with Gasteiger partial charge in [-0.05, 0) is 83.5 Å². The molecule has 0 bridgehead atoms. The molecule has 0 radical (unpaired) electrons. The average molecular weight is 858 g/mol. The molecule has 1 amide bonds. The Balaban J connectivity index is 3.57. The predicted octanol–water partition coefficient (Wildman–Crippen LogP) is 16.1. The van der Waals surface area contributed by atoms with Gasteiger partial charge in [0.05, 0.1) is 25.4 Å². The Hall–Kier alpha value is -1.92. The van der Waals surface area contributed by atoms with Crippen LogP contribution in [0.3, 0.4) is 0 Å². The number of amides is 1. The van der Waals surface area contributed by atoms with Gasteiger partial charge in [-0.3, -0.25) is 9.59 Å². The number of carbonyl (C=O) groups is 2. The summed E-state index contributed by atoms with van der Waals surface area (Å²) in [6.45, 7) is 4.81. The molecule has 0 aromatic carbocycles. The highest BCUT2D eigenvalue weighted by atomic mass is 16.5. The van der Waals surface area contributed by atoms with Gasteiger partial charge in [0.25, 0.3) is 0 Å². The molecule has 0 saturated heterocycles. The minimum Gasteiger partial charge on any atom is -0.466 e. The highest BCUT2D eigenvalue weighted by Crippen LogP contribution is 2.15. The maximum Gasteiger partial charge on any atom is 0.305 e. The Kier molecular flexibility index (Phi) is 49.1. The lowest BCUT2D eigenvalue weighted by molar-refractivity contribution is -0.143. The summed E-state index contributed by atoms with van der Waals surface area (Å²) in [6, 6.07) is -0.654. The number of carbonyl (C=O) groups excluding carboxylic acids is 2. The van der Waals surface area contributed by atoms with E-state index in [9.17, 15) is 19.8 Å². The number of ether oxygens (including phenoxy) is 1. The van der Waals surface area contributed by atoms with Crippen LogP contribution in [0.4, 0.5) is 0 Å². The van der Waals surface area contributed by atoms with Crippen LogP contribution in [-0.4, -0.2) is 47.4 Å². The molecular weight excluding hydrogens is 755 g/mol. The van der Waals surface area contributed by atoms with Gasteiger partial charge in [-0.2, -0.15) is 0 Å². The quantitative estimate of drug-likeness (QED) is 0.0322. The van der Waals surface area contributed by atoms with E-state index in [0.29, 0.717) is 19.4 Å². The van der Waals surface area contributed by atoms with Gasteiger partial charge in [-0.1, -0.05) is 217 Å². The molecule has 61 heavy (non-hydrogen) atoms. The van der Waals surface area contributed by atoms with E-state index < -0.39 is 12.1 Å². The van der Waals surface area contributed by atoms with E-state index in [-0.39, 0.29) is 18.5 Å². The highest BCUT2D eigenvalue weighted by molar-refractivity contribution is 5.76. The number of aliphatic hydroxyl groups excluding tert-OH is 2. The fourth-order valence-corrected chi connectivity index (χ4v) is 7.97. The molecule has 0 fully saturated rings. The van der Waals surface area contributed by atoms with E-state index in [4.69, 9.17) is 4.74 Å². The molecule has 6 nitrogen and oxygen atoms in total. The molecule has 0 rings (SSSR count). The maximum atomic E-state index is 12.4. The summed E-state index contributed by atoms with van der Waals surface area (Å²) in [5.74, 6) is -0.150. The minimum atomic E-state index is -0.867. The number of aliphatic hydroxyl groups is 2. The monoisotopic (exact) mass is 858 g/mol. The second-order valence-corrected chi connectivity index (χ2v) is 18.2. The third-order valence-corrected chi connectivity index (χ3v) is 12.1. The van der Waals surface area contributed by atoms with E-state index in [1.807, 2.05) is 6.08 Å². The van der Waals surface area contributed by atoms with Crippen LogP contribution in [0, 0.1) is 0 Å². The highest BCUT2D eigenvalue weighted by Gasteiger charge is 2.18. The summed E-state index contributed by atoms with van der Waals surface area (Å²) >= 11 is 0. The summed E-state index contributed by atoms with van der Waals surface area (Å²) in [7, 11) is 0. The van der Waals surface area contributed by atoms with Crippen molar-refractivity contribution in [3.05, 3.63) is 36.5 Å². The van der Waals surface area contributed by atoms with Crippen LogP contribution in [0.15, 0.2) is 36.5 Å². The molecule has 3 N–H and O–H groups in total. The molecule has 6 heteroatoms. The molecule has 0 aliphatic heterocycles. The Morgan fingerprint density at radius 3 is 1.16 bits per heavy atom. The Morgan fingerprint density at radius 1 is 0.443 bits per heavy atom. The van der Waals surface area contributed by atoms with Gasteiger partial charge < -0.3 is 20.3 Å². The molecule has 358 valence electrons.